The number of rotatable bonds is 4. The normalized spacial score (nSPS) is 17.8. The summed E-state index contributed by atoms with van der Waals surface area (Å²) in [7, 11) is 0. The van der Waals surface area contributed by atoms with Gasteiger partial charge in [-0.15, -0.1) is 5.10 Å². The van der Waals surface area contributed by atoms with Gasteiger partial charge in [0.2, 0.25) is 0 Å². The first-order valence-electron chi connectivity index (χ1n) is 11.8. The lowest BCUT2D eigenvalue weighted by molar-refractivity contribution is 0.207. The van der Waals surface area contributed by atoms with E-state index in [-0.39, 0.29) is 5.75 Å². The summed E-state index contributed by atoms with van der Waals surface area (Å²) in [5.74, 6) is 1.23. The van der Waals surface area contributed by atoms with Gasteiger partial charge in [-0.25, -0.2) is 9.50 Å². The van der Waals surface area contributed by atoms with E-state index in [2.05, 4.69) is 26.9 Å². The van der Waals surface area contributed by atoms with Crippen molar-refractivity contribution in [3.8, 4) is 28.3 Å². The quantitative estimate of drug-likeness (QED) is 0.512. The summed E-state index contributed by atoms with van der Waals surface area (Å²) in [6.45, 7) is 4.59. The van der Waals surface area contributed by atoms with Gasteiger partial charge in [0.1, 0.15) is 17.3 Å². The van der Waals surface area contributed by atoms with E-state index in [4.69, 9.17) is 10.1 Å². The summed E-state index contributed by atoms with van der Waals surface area (Å²) in [5, 5.41) is 14.8. The highest BCUT2D eigenvalue weighted by Crippen LogP contribution is 2.33. The van der Waals surface area contributed by atoms with Crippen LogP contribution >= 0.6 is 0 Å². The van der Waals surface area contributed by atoms with Crippen molar-refractivity contribution < 1.29 is 5.11 Å². The Morgan fingerprint density at radius 2 is 1.52 bits per heavy atom. The van der Waals surface area contributed by atoms with Crippen LogP contribution in [0, 0.1) is 0 Å². The lowest BCUT2D eigenvalue weighted by Crippen LogP contribution is -2.44. The molecule has 0 saturated carbocycles. The molecule has 2 aliphatic heterocycles. The van der Waals surface area contributed by atoms with E-state index in [1.54, 1.807) is 24.5 Å². The Balaban J connectivity index is 1.37. The number of phenolic OH excluding ortho intramolecular Hbond substituents is 1. The molecule has 6 rings (SSSR count). The third kappa shape index (κ3) is 3.82. The number of fused-ring (bicyclic) bond motifs is 1. The Bertz CT molecular complexity index is 1240. The van der Waals surface area contributed by atoms with E-state index in [1.807, 2.05) is 28.8 Å². The van der Waals surface area contributed by atoms with Crippen LogP contribution in [-0.4, -0.2) is 61.8 Å². The first kappa shape index (κ1) is 20.2. The Kier molecular flexibility index (Phi) is 5.19. The minimum Gasteiger partial charge on any atom is -0.508 e. The lowest BCUT2D eigenvalue weighted by atomic mass is 10.0. The molecule has 4 aromatic rings. The molecule has 0 atom stereocenters. The number of anilines is 1. The molecule has 0 spiro atoms. The highest BCUT2D eigenvalue weighted by Gasteiger charge is 2.27. The smallest absolute Gasteiger partial charge is 0.155 e. The fourth-order valence-electron chi connectivity index (χ4n) is 5.25. The Morgan fingerprint density at radius 3 is 2.24 bits per heavy atom. The number of hydrogen-bond donors (Lipinski definition) is 1. The van der Waals surface area contributed by atoms with Crippen LogP contribution in [0.3, 0.4) is 0 Å². The average molecular weight is 441 g/mol. The summed E-state index contributed by atoms with van der Waals surface area (Å²) >= 11 is 0. The minimum atomic E-state index is 0.241. The molecule has 2 fully saturated rings. The number of piperidine rings is 1. The van der Waals surface area contributed by atoms with E-state index >= 15 is 0 Å². The zero-order valence-corrected chi connectivity index (χ0v) is 18.6. The van der Waals surface area contributed by atoms with E-state index < -0.39 is 0 Å². The van der Waals surface area contributed by atoms with Gasteiger partial charge in [-0.1, -0.05) is 0 Å². The predicted molar refractivity (Wildman–Crippen MR) is 129 cm³/mol. The molecule has 1 N–H and O–H groups in total. The number of aromatic nitrogens is 4. The van der Waals surface area contributed by atoms with Gasteiger partial charge in [0.15, 0.2) is 5.65 Å². The molecule has 5 heterocycles. The highest BCUT2D eigenvalue weighted by molar-refractivity contribution is 5.81. The topological polar surface area (TPSA) is 69.8 Å². The first-order valence-corrected chi connectivity index (χ1v) is 11.8. The number of aromatic hydroxyl groups is 1. The molecule has 0 unspecified atom stereocenters. The summed E-state index contributed by atoms with van der Waals surface area (Å²) in [6, 6.07) is 16.0. The molecule has 7 nitrogen and oxygen atoms in total. The number of nitrogens with zero attached hydrogens (tertiary/aromatic N) is 6. The largest absolute Gasteiger partial charge is 0.508 e. The van der Waals surface area contributed by atoms with Crippen molar-refractivity contribution in [2.75, 3.05) is 31.1 Å². The van der Waals surface area contributed by atoms with Crippen LogP contribution in [0.25, 0.3) is 28.2 Å². The molecular weight excluding hydrogens is 412 g/mol. The molecule has 2 aliphatic rings. The van der Waals surface area contributed by atoms with Gasteiger partial charge < -0.3 is 14.9 Å². The van der Waals surface area contributed by atoms with Gasteiger partial charge in [0, 0.05) is 42.7 Å². The molecule has 0 radical (unpaired) electrons. The van der Waals surface area contributed by atoms with Gasteiger partial charge in [-0.05, 0) is 87.3 Å². The standard InChI is InChI=1S/C26H28N6O/c33-22-5-3-19(4-6-22)25-26(20-9-13-27-14-10-20)32-23(28-25)7-8-24(29-32)31-17-11-21(12-18-31)30-15-1-2-16-30/h3-10,13-14,21,33H,1-2,11-12,15-18H2. The number of likely N-dealkylation sites (tertiary alicyclic amines) is 1. The van der Waals surface area contributed by atoms with Crippen LogP contribution in [0.5, 0.6) is 5.75 Å². The number of hydrogen-bond acceptors (Lipinski definition) is 6. The molecule has 168 valence electrons. The molecule has 33 heavy (non-hydrogen) atoms. The van der Waals surface area contributed by atoms with Crippen molar-refractivity contribution in [1.82, 2.24) is 24.5 Å². The molecule has 0 amide bonds. The van der Waals surface area contributed by atoms with Crippen LogP contribution in [-0.2, 0) is 0 Å². The maximum Gasteiger partial charge on any atom is 0.155 e. The zero-order valence-electron chi connectivity index (χ0n) is 18.6. The van der Waals surface area contributed by atoms with Crippen LogP contribution in [0.1, 0.15) is 25.7 Å². The van der Waals surface area contributed by atoms with Gasteiger partial charge in [0.05, 0.1) is 5.69 Å². The molecule has 0 bridgehead atoms. The Hall–Kier alpha value is -3.45. The summed E-state index contributed by atoms with van der Waals surface area (Å²) < 4.78 is 1.96. The average Bonchev–Trinajstić information content (AvgIpc) is 3.53. The minimum absolute atomic E-state index is 0.241. The summed E-state index contributed by atoms with van der Waals surface area (Å²) in [4.78, 5) is 14.2. The van der Waals surface area contributed by atoms with Gasteiger partial charge in [-0.3, -0.25) is 4.98 Å². The van der Waals surface area contributed by atoms with E-state index in [1.165, 1.54) is 38.8 Å². The second-order valence-corrected chi connectivity index (χ2v) is 9.01. The molecular formula is C26H28N6O. The van der Waals surface area contributed by atoms with Crippen molar-refractivity contribution in [2.24, 2.45) is 0 Å². The highest BCUT2D eigenvalue weighted by atomic mass is 16.3. The molecule has 1 aromatic carbocycles. The second-order valence-electron chi connectivity index (χ2n) is 9.01. The maximum absolute atomic E-state index is 9.74. The van der Waals surface area contributed by atoms with Crippen LogP contribution in [0.2, 0.25) is 0 Å². The van der Waals surface area contributed by atoms with E-state index in [0.29, 0.717) is 6.04 Å². The summed E-state index contributed by atoms with van der Waals surface area (Å²) in [6.07, 6.45) is 8.67. The van der Waals surface area contributed by atoms with Crippen molar-refractivity contribution in [3.63, 3.8) is 0 Å². The second kappa shape index (κ2) is 8.48. The lowest BCUT2D eigenvalue weighted by Gasteiger charge is -2.37. The van der Waals surface area contributed by atoms with Crippen molar-refractivity contribution in [2.45, 2.75) is 31.7 Å². The Labute approximate surface area is 193 Å². The van der Waals surface area contributed by atoms with E-state index in [9.17, 15) is 5.11 Å². The molecule has 7 heteroatoms. The fraction of sp³-hybridized carbons (Fsp3) is 0.346. The number of pyridine rings is 1. The Morgan fingerprint density at radius 1 is 0.788 bits per heavy atom. The number of phenols is 1. The number of imidazole rings is 1. The molecule has 2 saturated heterocycles. The van der Waals surface area contributed by atoms with Gasteiger partial charge in [0.25, 0.3) is 0 Å². The monoisotopic (exact) mass is 440 g/mol. The predicted octanol–water partition coefficient (Wildman–Crippen LogP) is 4.23. The number of benzene rings is 1. The third-order valence-electron chi connectivity index (χ3n) is 7.00. The van der Waals surface area contributed by atoms with Crippen LogP contribution < -0.4 is 4.90 Å². The van der Waals surface area contributed by atoms with Crippen molar-refractivity contribution in [3.05, 3.63) is 60.9 Å². The van der Waals surface area contributed by atoms with Crippen molar-refractivity contribution in [1.29, 1.82) is 0 Å². The van der Waals surface area contributed by atoms with E-state index in [0.717, 1.165) is 47.1 Å². The maximum atomic E-state index is 9.74. The molecule has 3 aromatic heterocycles. The fourth-order valence-corrected chi connectivity index (χ4v) is 5.25. The van der Waals surface area contributed by atoms with Gasteiger partial charge >= 0.3 is 0 Å². The summed E-state index contributed by atoms with van der Waals surface area (Å²) in [5.41, 5.74) is 4.54. The third-order valence-corrected chi connectivity index (χ3v) is 7.00. The zero-order chi connectivity index (χ0) is 22.2. The SMILES string of the molecule is Oc1ccc(-c2nc3ccc(N4CCC(N5CCCC5)CC4)nn3c2-c2ccncc2)cc1. The first-order chi connectivity index (χ1) is 16.3. The molecule has 0 aliphatic carbocycles. The van der Waals surface area contributed by atoms with Crippen LogP contribution in [0.4, 0.5) is 5.82 Å². The van der Waals surface area contributed by atoms with Crippen molar-refractivity contribution >= 4 is 11.5 Å². The van der Waals surface area contributed by atoms with Gasteiger partial charge in [-0.2, -0.15) is 0 Å². The van der Waals surface area contributed by atoms with Crippen LogP contribution in [0.15, 0.2) is 60.9 Å².